The molecule has 96 valence electrons. The first-order valence-electron chi connectivity index (χ1n) is 7.17. The Bertz CT molecular complexity index is 287. The maximum atomic E-state index is 12.3. The smallest absolute Gasteiger partial charge is 0.223 e. The molecule has 17 heavy (non-hydrogen) atoms. The van der Waals surface area contributed by atoms with E-state index in [0.717, 1.165) is 11.8 Å². The average molecular weight is 236 g/mol. The standard InChI is InChI=1S/C14H24N2O/c1-8(7-15)16-14(17)13-11-3-9-2-10(5-11)6-12(13)4-9/h8-13H,2-7,15H2,1H3,(H,16,17)/t8-,9?,10?,11?,12?,13?/m0/s1. The SMILES string of the molecule is C[C@@H](CN)NC(=O)C1C2CC3CC(C2)CC1C3. The maximum absolute atomic E-state index is 12.3. The van der Waals surface area contributed by atoms with Crippen molar-refractivity contribution in [3.8, 4) is 0 Å². The molecule has 4 bridgehead atoms. The molecule has 3 heteroatoms. The van der Waals surface area contributed by atoms with E-state index in [2.05, 4.69) is 5.32 Å². The molecule has 0 aliphatic heterocycles. The van der Waals surface area contributed by atoms with Gasteiger partial charge in [-0.15, -0.1) is 0 Å². The van der Waals surface area contributed by atoms with Crippen LogP contribution in [0, 0.1) is 29.6 Å². The Morgan fingerprint density at radius 2 is 1.71 bits per heavy atom. The highest BCUT2D eigenvalue weighted by molar-refractivity contribution is 5.80. The van der Waals surface area contributed by atoms with Crippen LogP contribution in [0.3, 0.4) is 0 Å². The van der Waals surface area contributed by atoms with Gasteiger partial charge in [-0.2, -0.15) is 0 Å². The highest BCUT2D eigenvalue weighted by atomic mass is 16.2. The van der Waals surface area contributed by atoms with E-state index < -0.39 is 0 Å². The van der Waals surface area contributed by atoms with Crippen molar-refractivity contribution in [2.75, 3.05) is 6.54 Å². The van der Waals surface area contributed by atoms with Crippen LogP contribution in [0.4, 0.5) is 0 Å². The summed E-state index contributed by atoms with van der Waals surface area (Å²) in [7, 11) is 0. The van der Waals surface area contributed by atoms with Gasteiger partial charge in [0.15, 0.2) is 0 Å². The van der Waals surface area contributed by atoms with Crippen LogP contribution in [0.15, 0.2) is 0 Å². The molecule has 0 aromatic rings. The number of rotatable bonds is 3. The molecular weight excluding hydrogens is 212 g/mol. The van der Waals surface area contributed by atoms with Crippen LogP contribution in [-0.2, 0) is 4.79 Å². The van der Waals surface area contributed by atoms with Crippen LogP contribution < -0.4 is 11.1 Å². The largest absolute Gasteiger partial charge is 0.352 e. The van der Waals surface area contributed by atoms with Crippen LogP contribution in [-0.4, -0.2) is 18.5 Å². The van der Waals surface area contributed by atoms with Gasteiger partial charge in [-0.1, -0.05) is 0 Å². The molecule has 0 saturated heterocycles. The number of carbonyl (C=O) groups is 1. The Kier molecular flexibility index (Phi) is 2.89. The summed E-state index contributed by atoms with van der Waals surface area (Å²) < 4.78 is 0. The highest BCUT2D eigenvalue weighted by Crippen LogP contribution is 2.56. The monoisotopic (exact) mass is 236 g/mol. The van der Waals surface area contributed by atoms with E-state index in [0.29, 0.717) is 24.3 Å². The Balaban J connectivity index is 1.69. The summed E-state index contributed by atoms with van der Waals surface area (Å²) >= 11 is 0. The van der Waals surface area contributed by atoms with Crippen molar-refractivity contribution in [3.63, 3.8) is 0 Å². The van der Waals surface area contributed by atoms with Crippen LogP contribution in [0.1, 0.15) is 39.0 Å². The fourth-order valence-corrected chi connectivity index (χ4v) is 4.75. The van der Waals surface area contributed by atoms with Gasteiger partial charge in [0.25, 0.3) is 0 Å². The molecule has 4 fully saturated rings. The lowest BCUT2D eigenvalue weighted by atomic mass is 9.51. The third kappa shape index (κ3) is 1.99. The summed E-state index contributed by atoms with van der Waals surface area (Å²) in [4.78, 5) is 12.3. The van der Waals surface area contributed by atoms with E-state index in [9.17, 15) is 4.79 Å². The number of nitrogens with two attached hydrogens (primary N) is 1. The van der Waals surface area contributed by atoms with E-state index in [-0.39, 0.29) is 11.9 Å². The quantitative estimate of drug-likeness (QED) is 0.780. The van der Waals surface area contributed by atoms with Crippen LogP contribution in [0.2, 0.25) is 0 Å². The Morgan fingerprint density at radius 1 is 1.18 bits per heavy atom. The number of amides is 1. The molecule has 0 aromatic heterocycles. The second-order valence-corrected chi connectivity index (χ2v) is 6.60. The molecule has 4 aliphatic rings. The molecule has 4 saturated carbocycles. The molecule has 3 N–H and O–H groups in total. The zero-order valence-corrected chi connectivity index (χ0v) is 10.7. The first-order chi connectivity index (χ1) is 8.17. The fraction of sp³-hybridized carbons (Fsp3) is 0.929. The number of hydrogen-bond acceptors (Lipinski definition) is 2. The summed E-state index contributed by atoms with van der Waals surface area (Å²) in [5.41, 5.74) is 5.58. The van der Waals surface area contributed by atoms with Crippen LogP contribution >= 0.6 is 0 Å². The Labute approximate surface area is 104 Å². The Morgan fingerprint density at radius 3 is 2.18 bits per heavy atom. The lowest BCUT2D eigenvalue weighted by Gasteiger charge is -2.53. The van der Waals surface area contributed by atoms with Crippen molar-refractivity contribution in [1.29, 1.82) is 0 Å². The van der Waals surface area contributed by atoms with Crippen molar-refractivity contribution in [2.24, 2.45) is 35.3 Å². The summed E-state index contributed by atoms with van der Waals surface area (Å²) in [6.07, 6.45) is 6.68. The van der Waals surface area contributed by atoms with E-state index in [1.54, 1.807) is 0 Å². The molecule has 1 amide bonds. The predicted molar refractivity (Wildman–Crippen MR) is 67.2 cm³/mol. The fourth-order valence-electron chi connectivity index (χ4n) is 4.75. The van der Waals surface area contributed by atoms with Gasteiger partial charge in [0.2, 0.25) is 5.91 Å². The van der Waals surface area contributed by atoms with Gasteiger partial charge in [0.1, 0.15) is 0 Å². The minimum atomic E-state index is 0.125. The van der Waals surface area contributed by atoms with E-state index >= 15 is 0 Å². The van der Waals surface area contributed by atoms with Gasteiger partial charge in [-0.05, 0) is 62.7 Å². The molecule has 0 radical (unpaired) electrons. The molecule has 3 nitrogen and oxygen atoms in total. The van der Waals surface area contributed by atoms with Gasteiger partial charge in [0, 0.05) is 18.5 Å². The minimum Gasteiger partial charge on any atom is -0.352 e. The Hall–Kier alpha value is -0.570. The first-order valence-corrected chi connectivity index (χ1v) is 7.17. The molecule has 0 spiro atoms. The van der Waals surface area contributed by atoms with Crippen molar-refractivity contribution in [3.05, 3.63) is 0 Å². The maximum Gasteiger partial charge on any atom is 0.223 e. The number of hydrogen-bond donors (Lipinski definition) is 2. The third-order valence-corrected chi connectivity index (χ3v) is 5.27. The molecule has 0 unspecified atom stereocenters. The van der Waals surface area contributed by atoms with Crippen molar-refractivity contribution in [1.82, 2.24) is 5.32 Å². The minimum absolute atomic E-state index is 0.125. The van der Waals surface area contributed by atoms with Gasteiger partial charge < -0.3 is 11.1 Å². The van der Waals surface area contributed by atoms with Crippen molar-refractivity contribution in [2.45, 2.75) is 45.1 Å². The second kappa shape index (κ2) is 4.27. The van der Waals surface area contributed by atoms with Gasteiger partial charge >= 0.3 is 0 Å². The summed E-state index contributed by atoms with van der Waals surface area (Å²) in [6, 6.07) is 0.125. The zero-order chi connectivity index (χ0) is 12.0. The predicted octanol–water partition coefficient (Wildman–Crippen LogP) is 1.52. The lowest BCUT2D eigenvalue weighted by Crippen LogP contribution is -2.53. The van der Waals surface area contributed by atoms with Gasteiger partial charge in [-0.3, -0.25) is 4.79 Å². The first kappa shape index (κ1) is 11.5. The average Bonchev–Trinajstić information content (AvgIpc) is 2.27. The van der Waals surface area contributed by atoms with Gasteiger partial charge in [0.05, 0.1) is 0 Å². The molecule has 1 atom stereocenters. The molecule has 0 aromatic carbocycles. The van der Waals surface area contributed by atoms with E-state index in [1.165, 1.54) is 32.1 Å². The normalized spacial score (nSPS) is 44.7. The topological polar surface area (TPSA) is 55.1 Å². The zero-order valence-electron chi connectivity index (χ0n) is 10.7. The van der Waals surface area contributed by atoms with Crippen LogP contribution in [0.5, 0.6) is 0 Å². The summed E-state index contributed by atoms with van der Waals surface area (Å²) in [5.74, 6) is 3.82. The second-order valence-electron chi connectivity index (χ2n) is 6.60. The van der Waals surface area contributed by atoms with E-state index in [1.807, 2.05) is 6.92 Å². The van der Waals surface area contributed by atoms with Gasteiger partial charge in [-0.25, -0.2) is 0 Å². The van der Waals surface area contributed by atoms with Crippen LogP contribution in [0.25, 0.3) is 0 Å². The summed E-state index contributed by atoms with van der Waals surface area (Å²) in [6.45, 7) is 2.53. The molecule has 0 heterocycles. The summed E-state index contributed by atoms with van der Waals surface area (Å²) in [5, 5.41) is 3.09. The lowest BCUT2D eigenvalue weighted by molar-refractivity contribution is -0.138. The molecule has 4 rings (SSSR count). The number of nitrogens with one attached hydrogen (secondary N) is 1. The number of carbonyl (C=O) groups excluding carboxylic acids is 1. The van der Waals surface area contributed by atoms with Crippen molar-refractivity contribution >= 4 is 5.91 Å². The van der Waals surface area contributed by atoms with Crippen molar-refractivity contribution < 1.29 is 4.79 Å². The highest BCUT2D eigenvalue weighted by Gasteiger charge is 2.50. The molecule has 4 aliphatic carbocycles. The third-order valence-electron chi connectivity index (χ3n) is 5.27. The molecular formula is C14H24N2O. The van der Waals surface area contributed by atoms with E-state index in [4.69, 9.17) is 5.73 Å².